The van der Waals surface area contributed by atoms with Crippen LogP contribution in [0.25, 0.3) is 0 Å². The molecule has 100 valence electrons. The topological polar surface area (TPSA) is 46.9 Å². The van der Waals surface area contributed by atoms with E-state index in [1.54, 1.807) is 14.0 Å². The van der Waals surface area contributed by atoms with E-state index in [1.807, 2.05) is 24.3 Å². The summed E-state index contributed by atoms with van der Waals surface area (Å²) < 4.78 is 1.49. The van der Waals surface area contributed by atoms with Gasteiger partial charge in [0.25, 0.3) is 5.91 Å². The Hall–Kier alpha value is -1.81. The standard InChI is InChI=1S/C14H16ClN3O/c1-4-10-5-7-11(8-6-10)16-14(19)12-9(2)17-18(3)13(12)15/h5-8H,4H2,1-3H3,(H,16,19). The predicted molar refractivity (Wildman–Crippen MR) is 76.7 cm³/mol. The zero-order valence-corrected chi connectivity index (χ0v) is 12.0. The number of hydrogen-bond donors (Lipinski definition) is 1. The Morgan fingerprint density at radius 3 is 2.47 bits per heavy atom. The monoisotopic (exact) mass is 277 g/mol. The van der Waals surface area contributed by atoms with Gasteiger partial charge in [0.2, 0.25) is 0 Å². The number of anilines is 1. The van der Waals surface area contributed by atoms with Gasteiger partial charge in [0.15, 0.2) is 0 Å². The third kappa shape index (κ3) is 2.79. The van der Waals surface area contributed by atoms with Gasteiger partial charge >= 0.3 is 0 Å². The number of aromatic nitrogens is 2. The smallest absolute Gasteiger partial charge is 0.260 e. The summed E-state index contributed by atoms with van der Waals surface area (Å²) in [6.45, 7) is 3.85. The maximum absolute atomic E-state index is 12.2. The van der Waals surface area contributed by atoms with E-state index in [4.69, 9.17) is 11.6 Å². The highest BCUT2D eigenvalue weighted by atomic mass is 35.5. The molecular weight excluding hydrogens is 262 g/mol. The molecule has 2 rings (SSSR count). The number of nitrogens with zero attached hydrogens (tertiary/aromatic N) is 2. The molecule has 1 aromatic carbocycles. The number of carbonyl (C=O) groups excluding carboxylic acids is 1. The lowest BCUT2D eigenvalue weighted by Crippen LogP contribution is -2.13. The second-order valence-corrected chi connectivity index (χ2v) is 4.74. The molecule has 0 spiro atoms. The first-order valence-corrected chi connectivity index (χ1v) is 6.50. The Labute approximate surface area is 117 Å². The molecule has 5 heteroatoms. The number of hydrogen-bond acceptors (Lipinski definition) is 2. The normalized spacial score (nSPS) is 10.5. The molecule has 0 aliphatic carbocycles. The lowest BCUT2D eigenvalue weighted by Gasteiger charge is -2.05. The highest BCUT2D eigenvalue weighted by Gasteiger charge is 2.18. The van der Waals surface area contributed by atoms with Crippen LogP contribution < -0.4 is 5.32 Å². The highest BCUT2D eigenvalue weighted by molar-refractivity contribution is 6.33. The summed E-state index contributed by atoms with van der Waals surface area (Å²) in [7, 11) is 1.71. The Balaban J connectivity index is 2.20. The molecule has 4 nitrogen and oxygen atoms in total. The summed E-state index contributed by atoms with van der Waals surface area (Å²) in [5.74, 6) is -0.236. The number of nitrogens with one attached hydrogen (secondary N) is 1. The van der Waals surface area contributed by atoms with Gasteiger partial charge in [-0.3, -0.25) is 9.48 Å². The number of halogens is 1. The molecule has 1 amide bonds. The molecule has 0 radical (unpaired) electrons. The quantitative estimate of drug-likeness (QED) is 0.936. The molecule has 0 unspecified atom stereocenters. The highest BCUT2D eigenvalue weighted by Crippen LogP contribution is 2.20. The van der Waals surface area contributed by atoms with Crippen molar-refractivity contribution in [1.29, 1.82) is 0 Å². The van der Waals surface area contributed by atoms with Gasteiger partial charge in [-0.2, -0.15) is 5.10 Å². The third-order valence-corrected chi connectivity index (χ3v) is 3.43. The second kappa shape index (κ2) is 5.45. The summed E-state index contributed by atoms with van der Waals surface area (Å²) >= 11 is 6.06. The zero-order chi connectivity index (χ0) is 14.0. The van der Waals surface area contributed by atoms with Crippen molar-refractivity contribution >= 4 is 23.2 Å². The van der Waals surface area contributed by atoms with Crippen LogP contribution >= 0.6 is 11.6 Å². The van der Waals surface area contributed by atoms with Crippen LogP contribution in [-0.4, -0.2) is 15.7 Å². The SMILES string of the molecule is CCc1ccc(NC(=O)c2c(C)nn(C)c2Cl)cc1. The van der Waals surface area contributed by atoms with Crippen LogP contribution in [0.1, 0.15) is 28.5 Å². The van der Waals surface area contributed by atoms with Crippen molar-refractivity contribution in [2.24, 2.45) is 7.05 Å². The first-order valence-electron chi connectivity index (χ1n) is 6.12. The number of aryl methyl sites for hydroxylation is 3. The van der Waals surface area contributed by atoms with E-state index in [-0.39, 0.29) is 5.91 Å². The average molecular weight is 278 g/mol. The van der Waals surface area contributed by atoms with Crippen LogP contribution in [0.15, 0.2) is 24.3 Å². The minimum atomic E-state index is -0.236. The van der Waals surface area contributed by atoms with Crippen molar-refractivity contribution in [1.82, 2.24) is 9.78 Å². The molecule has 0 saturated carbocycles. The van der Waals surface area contributed by atoms with Crippen molar-refractivity contribution in [3.63, 3.8) is 0 Å². The number of benzene rings is 1. The van der Waals surface area contributed by atoms with E-state index in [0.29, 0.717) is 16.4 Å². The maximum atomic E-state index is 12.2. The van der Waals surface area contributed by atoms with E-state index in [2.05, 4.69) is 17.3 Å². The molecule has 0 aliphatic heterocycles. The Morgan fingerprint density at radius 2 is 2.00 bits per heavy atom. The summed E-state index contributed by atoms with van der Waals surface area (Å²) in [5, 5.41) is 7.30. The van der Waals surface area contributed by atoms with Gasteiger partial charge in [-0.1, -0.05) is 30.7 Å². The molecule has 0 saturated heterocycles. The molecule has 0 bridgehead atoms. The van der Waals surface area contributed by atoms with Gasteiger partial charge in [0, 0.05) is 12.7 Å². The molecular formula is C14H16ClN3O. The lowest BCUT2D eigenvalue weighted by molar-refractivity contribution is 0.102. The van der Waals surface area contributed by atoms with E-state index in [9.17, 15) is 4.79 Å². The molecule has 19 heavy (non-hydrogen) atoms. The second-order valence-electron chi connectivity index (χ2n) is 4.38. The Bertz CT molecular complexity index is 602. The fraction of sp³-hybridized carbons (Fsp3) is 0.286. The van der Waals surface area contributed by atoms with E-state index < -0.39 is 0 Å². The maximum Gasteiger partial charge on any atom is 0.260 e. The van der Waals surface area contributed by atoms with Crippen molar-refractivity contribution in [2.75, 3.05) is 5.32 Å². The van der Waals surface area contributed by atoms with Crippen LogP contribution in [0, 0.1) is 6.92 Å². The minimum absolute atomic E-state index is 0.236. The predicted octanol–water partition coefficient (Wildman–Crippen LogP) is 3.20. The number of amides is 1. The lowest BCUT2D eigenvalue weighted by atomic mass is 10.1. The van der Waals surface area contributed by atoms with Crippen molar-refractivity contribution in [3.05, 3.63) is 46.2 Å². The summed E-state index contributed by atoms with van der Waals surface area (Å²) in [6.07, 6.45) is 0.974. The van der Waals surface area contributed by atoms with Crippen LogP contribution in [-0.2, 0) is 13.5 Å². The van der Waals surface area contributed by atoms with E-state index in [0.717, 1.165) is 12.1 Å². The van der Waals surface area contributed by atoms with E-state index in [1.165, 1.54) is 10.2 Å². The fourth-order valence-electron chi connectivity index (χ4n) is 1.91. The third-order valence-electron chi connectivity index (χ3n) is 3.00. The Kier molecular flexibility index (Phi) is 3.90. The van der Waals surface area contributed by atoms with Gasteiger partial charge in [-0.15, -0.1) is 0 Å². The molecule has 1 heterocycles. The zero-order valence-electron chi connectivity index (χ0n) is 11.2. The molecule has 1 N–H and O–H groups in total. The van der Waals surface area contributed by atoms with Gasteiger partial charge in [-0.25, -0.2) is 0 Å². The Morgan fingerprint density at radius 1 is 1.37 bits per heavy atom. The first-order chi connectivity index (χ1) is 9.02. The molecule has 2 aromatic rings. The summed E-state index contributed by atoms with van der Waals surface area (Å²) in [5.41, 5.74) is 3.02. The van der Waals surface area contributed by atoms with Crippen molar-refractivity contribution < 1.29 is 4.79 Å². The average Bonchev–Trinajstić information content (AvgIpc) is 2.64. The van der Waals surface area contributed by atoms with Gasteiger partial charge in [-0.05, 0) is 31.0 Å². The number of rotatable bonds is 3. The van der Waals surface area contributed by atoms with Gasteiger partial charge < -0.3 is 5.32 Å². The molecule has 1 aromatic heterocycles. The first kappa shape index (κ1) is 13.6. The largest absolute Gasteiger partial charge is 0.322 e. The van der Waals surface area contributed by atoms with Crippen LogP contribution in [0.4, 0.5) is 5.69 Å². The summed E-state index contributed by atoms with van der Waals surface area (Å²) in [6, 6.07) is 7.76. The van der Waals surface area contributed by atoms with Crippen LogP contribution in [0.2, 0.25) is 5.15 Å². The fourth-order valence-corrected chi connectivity index (χ4v) is 2.17. The van der Waals surface area contributed by atoms with Gasteiger partial charge in [0.1, 0.15) is 5.15 Å². The molecule has 0 fully saturated rings. The molecule has 0 atom stereocenters. The number of carbonyl (C=O) groups is 1. The summed E-state index contributed by atoms with van der Waals surface area (Å²) in [4.78, 5) is 12.2. The van der Waals surface area contributed by atoms with Crippen LogP contribution in [0.3, 0.4) is 0 Å². The van der Waals surface area contributed by atoms with Crippen molar-refractivity contribution in [3.8, 4) is 0 Å². The van der Waals surface area contributed by atoms with Crippen molar-refractivity contribution in [2.45, 2.75) is 20.3 Å². The van der Waals surface area contributed by atoms with E-state index >= 15 is 0 Å². The minimum Gasteiger partial charge on any atom is -0.322 e. The van der Waals surface area contributed by atoms with Gasteiger partial charge in [0.05, 0.1) is 11.3 Å². The van der Waals surface area contributed by atoms with Crippen LogP contribution in [0.5, 0.6) is 0 Å². The molecule has 0 aliphatic rings.